The second kappa shape index (κ2) is 8.21. The van der Waals surface area contributed by atoms with Crippen LogP contribution in [0, 0.1) is 13.8 Å². The predicted molar refractivity (Wildman–Crippen MR) is 102 cm³/mol. The smallest absolute Gasteiger partial charge is 0.330 e. The normalized spacial score (nSPS) is 21.7. The molecule has 1 aromatic carbocycles. The first-order valence-electron chi connectivity index (χ1n) is 8.69. The minimum Gasteiger partial charge on any atom is -0.352 e. The van der Waals surface area contributed by atoms with E-state index in [1.807, 2.05) is 6.92 Å². The van der Waals surface area contributed by atoms with Crippen molar-refractivity contribution in [2.75, 3.05) is 6.61 Å². The average molecular weight is 421 g/mol. The Kier molecular flexibility index (Phi) is 5.89. The van der Waals surface area contributed by atoms with Gasteiger partial charge in [-0.3, -0.25) is 18.5 Å². The fourth-order valence-corrected chi connectivity index (χ4v) is 3.87. The molecule has 0 saturated carbocycles. The van der Waals surface area contributed by atoms with Crippen molar-refractivity contribution in [1.29, 1.82) is 0 Å². The highest BCUT2D eigenvalue weighted by molar-refractivity contribution is 7.86. The van der Waals surface area contributed by atoms with Gasteiger partial charge in [-0.2, -0.15) is 8.42 Å². The van der Waals surface area contributed by atoms with Crippen molar-refractivity contribution < 1.29 is 17.3 Å². The topological polar surface area (TPSA) is 156 Å². The molecule has 1 aliphatic heterocycles. The summed E-state index contributed by atoms with van der Waals surface area (Å²) in [7, 11) is -4.04. The lowest BCUT2D eigenvalue weighted by molar-refractivity contribution is -0.0214. The summed E-state index contributed by atoms with van der Waals surface area (Å²) in [6.07, 6.45) is -0.279. The van der Waals surface area contributed by atoms with Gasteiger partial charge >= 0.3 is 5.69 Å². The van der Waals surface area contributed by atoms with Gasteiger partial charge in [0, 0.05) is 23.1 Å². The van der Waals surface area contributed by atoms with Gasteiger partial charge in [-0.1, -0.05) is 22.8 Å². The summed E-state index contributed by atoms with van der Waals surface area (Å²) < 4.78 is 36.7. The van der Waals surface area contributed by atoms with Crippen LogP contribution in [0.1, 0.15) is 23.8 Å². The minimum atomic E-state index is -4.04. The largest absolute Gasteiger partial charge is 0.352 e. The summed E-state index contributed by atoms with van der Waals surface area (Å²) in [6, 6.07) is 5.39. The number of hydrogen-bond donors (Lipinski definition) is 1. The SMILES string of the molecule is Cc1ccc(S(=O)(=O)OCC2OC(n3cc(C)c(=O)[nH]c3=O)CC2N=[N+]=[N-])cc1. The van der Waals surface area contributed by atoms with Gasteiger partial charge in [0.2, 0.25) is 0 Å². The van der Waals surface area contributed by atoms with Crippen molar-refractivity contribution in [2.45, 2.75) is 43.5 Å². The Morgan fingerprint density at radius 1 is 1.31 bits per heavy atom. The van der Waals surface area contributed by atoms with Crippen LogP contribution in [-0.4, -0.2) is 36.7 Å². The molecule has 3 atom stereocenters. The first-order chi connectivity index (χ1) is 13.7. The maximum absolute atomic E-state index is 12.4. The van der Waals surface area contributed by atoms with Gasteiger partial charge in [0.25, 0.3) is 15.7 Å². The molecule has 2 aromatic rings. The van der Waals surface area contributed by atoms with Gasteiger partial charge in [0.1, 0.15) is 6.23 Å². The first kappa shape index (κ1) is 20.8. The highest BCUT2D eigenvalue weighted by Gasteiger charge is 2.37. The van der Waals surface area contributed by atoms with E-state index in [-0.39, 0.29) is 11.3 Å². The fourth-order valence-electron chi connectivity index (χ4n) is 2.95. The van der Waals surface area contributed by atoms with Crippen molar-refractivity contribution >= 4 is 10.1 Å². The van der Waals surface area contributed by atoms with E-state index in [0.717, 1.165) is 5.56 Å². The van der Waals surface area contributed by atoms with Gasteiger partial charge in [0.15, 0.2) is 0 Å². The molecule has 0 amide bonds. The quantitative estimate of drug-likeness (QED) is 0.322. The Balaban J connectivity index is 1.79. The second-order valence-corrected chi connectivity index (χ2v) is 8.28. The van der Waals surface area contributed by atoms with Gasteiger partial charge in [-0.15, -0.1) is 0 Å². The Labute approximate surface area is 165 Å². The van der Waals surface area contributed by atoms with Crippen LogP contribution in [0.4, 0.5) is 0 Å². The molecule has 3 rings (SSSR count). The zero-order valence-electron chi connectivity index (χ0n) is 15.7. The van der Waals surface area contributed by atoms with E-state index in [0.29, 0.717) is 5.56 Å². The Morgan fingerprint density at radius 2 is 2.00 bits per heavy atom. The summed E-state index contributed by atoms with van der Waals surface area (Å²) in [5.41, 5.74) is 8.80. The number of nitrogens with one attached hydrogen (secondary N) is 1. The van der Waals surface area contributed by atoms with E-state index >= 15 is 0 Å². The van der Waals surface area contributed by atoms with Gasteiger partial charge < -0.3 is 4.74 Å². The molecule has 1 N–H and O–H groups in total. The molecule has 1 saturated heterocycles. The maximum atomic E-state index is 12.4. The molecule has 0 bridgehead atoms. The molecule has 1 aromatic heterocycles. The van der Waals surface area contributed by atoms with Crippen molar-refractivity contribution in [3.63, 3.8) is 0 Å². The van der Waals surface area contributed by atoms with Crippen LogP contribution in [0.2, 0.25) is 0 Å². The number of H-pyrrole nitrogens is 1. The van der Waals surface area contributed by atoms with Gasteiger partial charge in [0.05, 0.1) is 23.6 Å². The number of azide groups is 1. The molecule has 11 nitrogen and oxygen atoms in total. The van der Waals surface area contributed by atoms with E-state index in [1.165, 1.54) is 29.8 Å². The number of ether oxygens (including phenoxy) is 1. The number of rotatable bonds is 6. The van der Waals surface area contributed by atoms with Gasteiger partial charge in [-0.05, 0) is 31.5 Å². The van der Waals surface area contributed by atoms with Crippen LogP contribution in [0.3, 0.4) is 0 Å². The number of aromatic amines is 1. The molecular formula is C17H19N5O6S. The highest BCUT2D eigenvalue weighted by atomic mass is 32.2. The molecule has 0 aliphatic carbocycles. The minimum absolute atomic E-state index is 0.00883. The van der Waals surface area contributed by atoms with E-state index in [1.54, 1.807) is 12.1 Å². The average Bonchev–Trinajstić information content (AvgIpc) is 3.06. The van der Waals surface area contributed by atoms with Crippen molar-refractivity contribution in [3.05, 3.63) is 72.9 Å². The molecule has 29 heavy (non-hydrogen) atoms. The molecule has 12 heteroatoms. The molecule has 0 radical (unpaired) electrons. The fraction of sp³-hybridized carbons (Fsp3) is 0.412. The van der Waals surface area contributed by atoms with E-state index < -0.39 is 46.3 Å². The molecule has 2 heterocycles. The lowest BCUT2D eigenvalue weighted by atomic mass is 10.1. The monoisotopic (exact) mass is 421 g/mol. The van der Waals surface area contributed by atoms with Crippen LogP contribution >= 0.6 is 0 Å². The van der Waals surface area contributed by atoms with Crippen LogP contribution < -0.4 is 11.2 Å². The van der Waals surface area contributed by atoms with Crippen LogP contribution in [0.5, 0.6) is 0 Å². The van der Waals surface area contributed by atoms with Gasteiger partial charge in [-0.25, -0.2) is 4.79 Å². The molecule has 3 unspecified atom stereocenters. The third-order valence-corrected chi connectivity index (χ3v) is 5.85. The standard InChI is InChI=1S/C17H19N5O6S/c1-10-3-5-12(6-4-10)29(25,26)27-9-14-13(20-21-18)7-15(28-14)22-8-11(2)16(23)19-17(22)24/h3-6,8,13-15H,7,9H2,1-2H3,(H,19,23,24). The third kappa shape index (κ3) is 4.57. The summed E-state index contributed by atoms with van der Waals surface area (Å²) >= 11 is 0. The molecule has 1 fully saturated rings. The third-order valence-electron chi connectivity index (χ3n) is 4.56. The number of hydrogen-bond acceptors (Lipinski definition) is 7. The summed E-state index contributed by atoms with van der Waals surface area (Å²) in [4.78, 5) is 28.5. The maximum Gasteiger partial charge on any atom is 0.330 e. The number of benzene rings is 1. The van der Waals surface area contributed by atoms with Crippen molar-refractivity contribution in [3.8, 4) is 0 Å². The number of aromatic nitrogens is 2. The van der Waals surface area contributed by atoms with Crippen LogP contribution in [-0.2, 0) is 19.0 Å². The summed E-state index contributed by atoms with van der Waals surface area (Å²) in [5, 5.41) is 3.63. The predicted octanol–water partition coefficient (Wildman–Crippen LogP) is 1.53. The number of nitrogens with zero attached hydrogens (tertiary/aromatic N) is 4. The Hall–Kier alpha value is -2.92. The van der Waals surface area contributed by atoms with E-state index in [9.17, 15) is 18.0 Å². The van der Waals surface area contributed by atoms with Crippen molar-refractivity contribution in [1.82, 2.24) is 9.55 Å². The molecule has 154 valence electrons. The first-order valence-corrected chi connectivity index (χ1v) is 10.1. The van der Waals surface area contributed by atoms with E-state index in [2.05, 4.69) is 15.0 Å². The van der Waals surface area contributed by atoms with Crippen molar-refractivity contribution in [2.24, 2.45) is 5.11 Å². The highest BCUT2D eigenvalue weighted by Crippen LogP contribution is 2.31. The summed E-state index contributed by atoms with van der Waals surface area (Å²) in [6.45, 7) is 2.96. The lowest BCUT2D eigenvalue weighted by Gasteiger charge is -2.16. The zero-order valence-corrected chi connectivity index (χ0v) is 16.5. The Bertz CT molecular complexity index is 1160. The molecule has 0 spiro atoms. The van der Waals surface area contributed by atoms with E-state index in [4.69, 9.17) is 14.5 Å². The second-order valence-electron chi connectivity index (χ2n) is 6.67. The Morgan fingerprint density at radius 3 is 2.66 bits per heavy atom. The summed E-state index contributed by atoms with van der Waals surface area (Å²) in [5.74, 6) is 0. The molecule has 1 aliphatic rings. The number of aryl methyl sites for hydroxylation is 2. The van der Waals surface area contributed by atoms with Crippen LogP contribution in [0.25, 0.3) is 10.4 Å². The lowest BCUT2D eigenvalue weighted by Crippen LogP contribution is -2.33. The molecular weight excluding hydrogens is 402 g/mol. The van der Waals surface area contributed by atoms with Crippen LogP contribution in [0.15, 0.2) is 50.1 Å². The zero-order chi connectivity index (χ0) is 21.2.